The maximum atomic E-state index is 12.4. The summed E-state index contributed by atoms with van der Waals surface area (Å²) in [4.78, 5) is 47.3. The van der Waals surface area contributed by atoms with E-state index in [4.69, 9.17) is 4.74 Å². The maximum Gasteiger partial charge on any atom is 0.330 e. The molecule has 3 atom stereocenters. The van der Waals surface area contributed by atoms with Crippen LogP contribution in [0.5, 0.6) is 0 Å². The van der Waals surface area contributed by atoms with Gasteiger partial charge in [0.05, 0.1) is 26.2 Å². The van der Waals surface area contributed by atoms with E-state index in [0.717, 1.165) is 26.4 Å². The third-order valence-corrected chi connectivity index (χ3v) is 6.52. The van der Waals surface area contributed by atoms with Crippen LogP contribution in [0.1, 0.15) is 84.5 Å². The second-order valence-electron chi connectivity index (χ2n) is 8.79. The molecule has 0 aliphatic carbocycles. The summed E-state index contributed by atoms with van der Waals surface area (Å²) in [5, 5.41) is 24.1. The minimum Gasteiger partial charge on any atom is -0.467 e. The number of carbonyl (C=O) groups excluding carboxylic acids is 4. The molecular formula is C25H46N2O8S. The molecule has 0 saturated heterocycles. The predicted molar refractivity (Wildman–Crippen MR) is 139 cm³/mol. The molecule has 0 bridgehead atoms. The van der Waals surface area contributed by atoms with Crippen LogP contribution in [-0.2, 0) is 28.7 Å². The molecule has 4 N–H and O–H groups in total. The van der Waals surface area contributed by atoms with Gasteiger partial charge >= 0.3 is 11.9 Å². The first kappa shape index (κ1) is 34.1. The Labute approximate surface area is 219 Å². The fourth-order valence-electron chi connectivity index (χ4n) is 3.48. The zero-order chi connectivity index (χ0) is 27.2. The van der Waals surface area contributed by atoms with Gasteiger partial charge in [-0.15, -0.1) is 0 Å². The lowest BCUT2D eigenvalue weighted by atomic mass is 10.0. The molecule has 0 radical (unpaired) electrons. The van der Waals surface area contributed by atoms with Crippen molar-refractivity contribution in [2.75, 3.05) is 31.8 Å². The molecular weight excluding hydrogens is 488 g/mol. The summed E-state index contributed by atoms with van der Waals surface area (Å²) in [5.41, 5.74) is 0. The highest BCUT2D eigenvalue weighted by Crippen LogP contribution is 2.13. The van der Waals surface area contributed by atoms with Crippen molar-refractivity contribution in [3.05, 3.63) is 0 Å². The number of rotatable bonds is 22. The molecule has 0 rings (SSSR count). The molecule has 0 aliphatic rings. The summed E-state index contributed by atoms with van der Waals surface area (Å²) < 4.78 is 9.66. The van der Waals surface area contributed by atoms with Gasteiger partial charge < -0.3 is 30.3 Å². The first-order chi connectivity index (χ1) is 17.2. The van der Waals surface area contributed by atoms with Gasteiger partial charge in [0.2, 0.25) is 11.8 Å². The molecule has 3 unspecified atom stereocenters. The van der Waals surface area contributed by atoms with Gasteiger partial charge in [-0.1, -0.05) is 64.7 Å². The molecule has 0 aromatic rings. The average molecular weight is 535 g/mol. The molecule has 210 valence electrons. The highest BCUT2D eigenvalue weighted by atomic mass is 32.2. The van der Waals surface area contributed by atoms with Crippen molar-refractivity contribution >= 4 is 35.5 Å². The monoisotopic (exact) mass is 534 g/mol. The summed E-state index contributed by atoms with van der Waals surface area (Å²) in [6.07, 6.45) is 10.6. The Morgan fingerprint density at radius 1 is 0.917 bits per heavy atom. The van der Waals surface area contributed by atoms with Gasteiger partial charge in [-0.05, 0) is 6.42 Å². The Hall–Kier alpha value is -1.85. The van der Waals surface area contributed by atoms with Gasteiger partial charge in [-0.2, -0.15) is 11.8 Å². The number of aliphatic hydroxyl groups excluding tert-OH is 2. The van der Waals surface area contributed by atoms with Crippen molar-refractivity contribution < 1.29 is 38.9 Å². The largest absolute Gasteiger partial charge is 0.467 e. The Kier molecular flexibility index (Phi) is 21.2. The van der Waals surface area contributed by atoms with Crippen LogP contribution >= 0.6 is 11.8 Å². The number of amides is 2. The van der Waals surface area contributed by atoms with Gasteiger partial charge in [0.15, 0.2) is 6.04 Å². The first-order valence-corrected chi connectivity index (χ1v) is 14.1. The Morgan fingerprint density at radius 2 is 1.53 bits per heavy atom. The second kappa shape index (κ2) is 22.4. The number of thioether (sulfide) groups is 1. The number of unbranched alkanes of at least 4 members (excludes halogenated alkanes) is 8. The van der Waals surface area contributed by atoms with E-state index < -0.39 is 48.5 Å². The number of nitrogens with one attached hydrogen (secondary N) is 2. The molecule has 0 saturated carbocycles. The number of esters is 2. The van der Waals surface area contributed by atoms with Crippen LogP contribution < -0.4 is 10.6 Å². The average Bonchev–Trinajstić information content (AvgIpc) is 2.84. The van der Waals surface area contributed by atoms with Crippen molar-refractivity contribution in [1.82, 2.24) is 10.6 Å². The van der Waals surface area contributed by atoms with E-state index in [1.54, 1.807) is 0 Å². The van der Waals surface area contributed by atoms with Crippen LogP contribution in [0.2, 0.25) is 0 Å². The number of ether oxygens (including phenoxy) is 2. The van der Waals surface area contributed by atoms with E-state index in [0.29, 0.717) is 12.2 Å². The zero-order valence-corrected chi connectivity index (χ0v) is 22.9. The summed E-state index contributed by atoms with van der Waals surface area (Å²) in [6, 6.07) is -2.17. The smallest absolute Gasteiger partial charge is 0.330 e. The summed E-state index contributed by atoms with van der Waals surface area (Å²) in [7, 11) is 1.13. The lowest BCUT2D eigenvalue weighted by Crippen LogP contribution is -2.53. The molecule has 0 aromatic carbocycles. The number of aliphatic hydroxyl groups is 2. The van der Waals surface area contributed by atoms with Gasteiger partial charge in [-0.25, -0.2) is 4.79 Å². The third kappa shape index (κ3) is 18.4. The van der Waals surface area contributed by atoms with Crippen molar-refractivity contribution in [2.45, 2.75) is 103 Å². The third-order valence-electron chi connectivity index (χ3n) is 5.50. The molecule has 0 aliphatic heterocycles. The van der Waals surface area contributed by atoms with Crippen molar-refractivity contribution in [3.63, 3.8) is 0 Å². The van der Waals surface area contributed by atoms with Crippen LogP contribution in [-0.4, -0.2) is 84.0 Å². The Balaban J connectivity index is 4.07. The number of methoxy groups -OCH3 is 1. The number of hydrogen-bond acceptors (Lipinski definition) is 9. The molecule has 0 spiro atoms. The van der Waals surface area contributed by atoms with E-state index in [2.05, 4.69) is 22.3 Å². The molecule has 0 fully saturated rings. The van der Waals surface area contributed by atoms with E-state index in [1.807, 2.05) is 0 Å². The standard InChI is InChI=1S/C25H46N2O8S/c1-4-5-6-7-8-9-10-11-12-13-20(30)16-23(31)35-14-15-36-18-22(26-19(2)29)24(32)27-21(17-28)25(33)34-3/h20-22,28,30H,4-18H2,1-3H3,(H,26,29)(H,27,32). The van der Waals surface area contributed by atoms with Crippen molar-refractivity contribution in [2.24, 2.45) is 0 Å². The van der Waals surface area contributed by atoms with Gasteiger partial charge in [0.1, 0.15) is 12.6 Å². The quantitative estimate of drug-likeness (QED) is 0.121. The number of carbonyl (C=O) groups is 4. The van der Waals surface area contributed by atoms with Crippen LogP contribution in [0.3, 0.4) is 0 Å². The summed E-state index contributed by atoms with van der Waals surface area (Å²) in [6.45, 7) is 2.93. The minimum absolute atomic E-state index is 0.0469. The lowest BCUT2D eigenvalue weighted by molar-refractivity contribution is -0.146. The van der Waals surface area contributed by atoms with E-state index in [1.165, 1.54) is 57.2 Å². The van der Waals surface area contributed by atoms with E-state index in [9.17, 15) is 29.4 Å². The van der Waals surface area contributed by atoms with Gasteiger partial charge in [-0.3, -0.25) is 14.4 Å². The van der Waals surface area contributed by atoms with Crippen LogP contribution in [0.15, 0.2) is 0 Å². The molecule has 11 heteroatoms. The Morgan fingerprint density at radius 3 is 2.08 bits per heavy atom. The minimum atomic E-state index is -1.23. The number of hydrogen-bond donors (Lipinski definition) is 4. The zero-order valence-electron chi connectivity index (χ0n) is 22.1. The fraction of sp³-hybridized carbons (Fsp3) is 0.840. The normalized spacial score (nSPS) is 13.4. The predicted octanol–water partition coefficient (Wildman–Crippen LogP) is 2.09. The van der Waals surface area contributed by atoms with Crippen LogP contribution in [0.4, 0.5) is 0 Å². The molecule has 2 amide bonds. The second-order valence-corrected chi connectivity index (χ2v) is 9.94. The fourth-order valence-corrected chi connectivity index (χ4v) is 4.32. The van der Waals surface area contributed by atoms with Crippen molar-refractivity contribution in [3.8, 4) is 0 Å². The van der Waals surface area contributed by atoms with Gasteiger partial charge in [0.25, 0.3) is 0 Å². The maximum absolute atomic E-state index is 12.4. The first-order valence-electron chi connectivity index (χ1n) is 12.9. The Bertz CT molecular complexity index is 635. The molecule has 36 heavy (non-hydrogen) atoms. The summed E-state index contributed by atoms with van der Waals surface area (Å²) >= 11 is 1.27. The molecule has 10 nitrogen and oxygen atoms in total. The highest BCUT2D eigenvalue weighted by Gasteiger charge is 2.26. The van der Waals surface area contributed by atoms with E-state index >= 15 is 0 Å². The topological polar surface area (TPSA) is 151 Å². The lowest BCUT2D eigenvalue weighted by Gasteiger charge is -2.20. The van der Waals surface area contributed by atoms with Gasteiger partial charge in [0, 0.05) is 18.4 Å². The van der Waals surface area contributed by atoms with E-state index in [-0.39, 0.29) is 18.8 Å². The molecule has 0 heterocycles. The van der Waals surface area contributed by atoms with Crippen LogP contribution in [0, 0.1) is 0 Å². The van der Waals surface area contributed by atoms with Crippen LogP contribution in [0.25, 0.3) is 0 Å². The highest BCUT2D eigenvalue weighted by molar-refractivity contribution is 7.99. The molecule has 0 aromatic heterocycles. The SMILES string of the molecule is CCCCCCCCCCCC(O)CC(=O)OCCSCC(NC(C)=O)C(=O)NC(CO)C(=O)OC. The summed E-state index contributed by atoms with van der Waals surface area (Å²) in [5.74, 6) is -1.79. The van der Waals surface area contributed by atoms with Crippen molar-refractivity contribution in [1.29, 1.82) is 0 Å².